The molecule has 1 aliphatic rings. The molecule has 0 radical (unpaired) electrons. The van der Waals surface area contributed by atoms with Crippen LogP contribution in [0.4, 0.5) is 10.1 Å². The monoisotopic (exact) mass is 274 g/mol. The van der Waals surface area contributed by atoms with Crippen molar-refractivity contribution in [2.24, 2.45) is 0 Å². The van der Waals surface area contributed by atoms with Gasteiger partial charge in [-0.3, -0.25) is 0 Å². The first-order valence-electron chi connectivity index (χ1n) is 7.13. The Kier molecular flexibility index (Phi) is 3.42. The topological polar surface area (TPSA) is 56.7 Å². The minimum Gasteiger partial charge on any atom is -0.399 e. The molecule has 3 rings (SSSR count). The van der Waals surface area contributed by atoms with Gasteiger partial charge in [0.05, 0.1) is 5.56 Å². The zero-order valence-electron chi connectivity index (χ0n) is 11.6. The van der Waals surface area contributed by atoms with E-state index in [2.05, 4.69) is 14.8 Å². The lowest BCUT2D eigenvalue weighted by Gasteiger charge is -2.25. The quantitative estimate of drug-likeness (QED) is 0.853. The Balaban J connectivity index is 2.05. The molecule has 0 saturated heterocycles. The summed E-state index contributed by atoms with van der Waals surface area (Å²) in [5.74, 6) is 1.13. The second-order valence-corrected chi connectivity index (χ2v) is 5.47. The molecule has 2 aromatic rings. The SMILES string of the molecule is Cc1nnc(-c2ccc(N)cc2F)n1C1CCCCC1. The number of anilines is 1. The smallest absolute Gasteiger partial charge is 0.167 e. The van der Waals surface area contributed by atoms with Crippen LogP contribution < -0.4 is 5.73 Å². The van der Waals surface area contributed by atoms with Gasteiger partial charge in [0.1, 0.15) is 11.6 Å². The average molecular weight is 274 g/mol. The van der Waals surface area contributed by atoms with E-state index in [1.807, 2.05) is 6.92 Å². The van der Waals surface area contributed by atoms with E-state index in [1.54, 1.807) is 12.1 Å². The van der Waals surface area contributed by atoms with Crippen molar-refractivity contribution < 1.29 is 4.39 Å². The summed E-state index contributed by atoms with van der Waals surface area (Å²) in [7, 11) is 0. The summed E-state index contributed by atoms with van der Waals surface area (Å²) in [6, 6.07) is 5.11. The van der Waals surface area contributed by atoms with Gasteiger partial charge in [0.15, 0.2) is 5.82 Å². The molecule has 20 heavy (non-hydrogen) atoms. The Morgan fingerprint density at radius 2 is 1.95 bits per heavy atom. The Morgan fingerprint density at radius 1 is 1.20 bits per heavy atom. The molecule has 0 aliphatic heterocycles. The van der Waals surface area contributed by atoms with Crippen LogP contribution in [0, 0.1) is 12.7 Å². The molecule has 5 heteroatoms. The summed E-state index contributed by atoms with van der Waals surface area (Å²) in [4.78, 5) is 0. The zero-order chi connectivity index (χ0) is 14.1. The molecule has 2 N–H and O–H groups in total. The summed E-state index contributed by atoms with van der Waals surface area (Å²) < 4.78 is 16.2. The largest absolute Gasteiger partial charge is 0.399 e. The van der Waals surface area contributed by atoms with E-state index in [-0.39, 0.29) is 5.82 Å². The van der Waals surface area contributed by atoms with E-state index in [0.29, 0.717) is 23.1 Å². The highest BCUT2D eigenvalue weighted by atomic mass is 19.1. The van der Waals surface area contributed by atoms with Crippen molar-refractivity contribution in [2.45, 2.75) is 45.1 Å². The first kappa shape index (κ1) is 13.1. The first-order chi connectivity index (χ1) is 9.66. The van der Waals surface area contributed by atoms with E-state index in [4.69, 9.17) is 5.73 Å². The second kappa shape index (κ2) is 5.23. The van der Waals surface area contributed by atoms with E-state index in [0.717, 1.165) is 18.7 Å². The number of nitrogens with two attached hydrogens (primary N) is 1. The highest BCUT2D eigenvalue weighted by Gasteiger charge is 2.23. The predicted molar refractivity (Wildman–Crippen MR) is 76.7 cm³/mol. The van der Waals surface area contributed by atoms with Crippen LogP contribution >= 0.6 is 0 Å². The number of aryl methyl sites for hydroxylation is 1. The number of hydrogen-bond donors (Lipinski definition) is 1. The number of benzene rings is 1. The number of nitrogens with zero attached hydrogens (tertiary/aromatic N) is 3. The normalized spacial score (nSPS) is 16.5. The zero-order valence-corrected chi connectivity index (χ0v) is 11.6. The highest BCUT2D eigenvalue weighted by molar-refractivity contribution is 5.60. The fourth-order valence-electron chi connectivity index (χ4n) is 3.04. The van der Waals surface area contributed by atoms with Crippen LogP contribution in [0.15, 0.2) is 18.2 Å². The van der Waals surface area contributed by atoms with Crippen molar-refractivity contribution in [2.75, 3.05) is 5.73 Å². The molecule has 0 spiro atoms. The van der Waals surface area contributed by atoms with Crippen LogP contribution in [-0.4, -0.2) is 14.8 Å². The molecule has 0 atom stereocenters. The standard InChI is InChI=1S/C15H19FN4/c1-10-18-19-15(13-8-7-11(17)9-14(13)16)20(10)12-5-3-2-4-6-12/h7-9,12H,2-6,17H2,1H3. The molecule has 1 fully saturated rings. The van der Waals surface area contributed by atoms with E-state index in [1.165, 1.54) is 25.3 Å². The molecule has 0 unspecified atom stereocenters. The van der Waals surface area contributed by atoms with Crippen LogP contribution in [0.5, 0.6) is 0 Å². The fourth-order valence-corrected chi connectivity index (χ4v) is 3.04. The van der Waals surface area contributed by atoms with Crippen LogP contribution in [0.3, 0.4) is 0 Å². The van der Waals surface area contributed by atoms with E-state index >= 15 is 0 Å². The maximum absolute atomic E-state index is 14.1. The van der Waals surface area contributed by atoms with Crippen molar-refractivity contribution in [3.05, 3.63) is 29.8 Å². The molecule has 1 aromatic heterocycles. The van der Waals surface area contributed by atoms with E-state index < -0.39 is 0 Å². The minimum atomic E-state index is -0.338. The maximum atomic E-state index is 14.1. The van der Waals surface area contributed by atoms with Crippen LogP contribution in [0.25, 0.3) is 11.4 Å². The van der Waals surface area contributed by atoms with Gasteiger partial charge in [-0.2, -0.15) is 0 Å². The number of halogens is 1. The maximum Gasteiger partial charge on any atom is 0.167 e. The van der Waals surface area contributed by atoms with Gasteiger partial charge >= 0.3 is 0 Å². The van der Waals surface area contributed by atoms with Gasteiger partial charge in [-0.25, -0.2) is 4.39 Å². The van der Waals surface area contributed by atoms with Crippen molar-refractivity contribution in [3.63, 3.8) is 0 Å². The highest BCUT2D eigenvalue weighted by Crippen LogP contribution is 2.33. The predicted octanol–water partition coefficient (Wildman–Crippen LogP) is 3.48. The molecule has 1 heterocycles. The molecule has 0 amide bonds. The molecule has 1 aromatic carbocycles. The number of hydrogen-bond acceptors (Lipinski definition) is 3. The van der Waals surface area contributed by atoms with E-state index in [9.17, 15) is 4.39 Å². The lowest BCUT2D eigenvalue weighted by molar-refractivity contribution is 0.350. The molecular weight excluding hydrogens is 255 g/mol. The second-order valence-electron chi connectivity index (χ2n) is 5.47. The van der Waals surface area contributed by atoms with Gasteiger partial charge in [0.2, 0.25) is 0 Å². The van der Waals surface area contributed by atoms with Gasteiger partial charge in [-0.15, -0.1) is 10.2 Å². The Hall–Kier alpha value is -1.91. The molecule has 1 saturated carbocycles. The van der Waals surface area contributed by atoms with Crippen molar-refractivity contribution in [1.82, 2.24) is 14.8 Å². The summed E-state index contributed by atoms with van der Waals surface area (Å²) in [5.41, 5.74) is 6.51. The fraction of sp³-hybridized carbons (Fsp3) is 0.467. The summed E-state index contributed by atoms with van der Waals surface area (Å²) in [5, 5.41) is 8.33. The number of rotatable bonds is 2. The first-order valence-corrected chi connectivity index (χ1v) is 7.13. The summed E-state index contributed by atoms with van der Waals surface area (Å²) >= 11 is 0. The summed E-state index contributed by atoms with van der Waals surface area (Å²) in [6.45, 7) is 1.93. The Bertz CT molecular complexity index is 614. The van der Waals surface area contributed by atoms with Crippen LogP contribution in [0.1, 0.15) is 44.0 Å². The molecule has 4 nitrogen and oxygen atoms in total. The van der Waals surface area contributed by atoms with Crippen LogP contribution in [0.2, 0.25) is 0 Å². The molecular formula is C15H19FN4. The number of nitrogen functional groups attached to an aromatic ring is 1. The van der Waals surface area contributed by atoms with Gasteiger partial charge in [-0.05, 0) is 38.0 Å². The number of aromatic nitrogens is 3. The molecule has 106 valence electrons. The van der Waals surface area contributed by atoms with Crippen LogP contribution in [-0.2, 0) is 0 Å². The molecule has 0 bridgehead atoms. The third-order valence-corrected chi connectivity index (χ3v) is 4.04. The third-order valence-electron chi connectivity index (χ3n) is 4.04. The van der Waals surface area contributed by atoms with Gasteiger partial charge in [0, 0.05) is 11.7 Å². The summed E-state index contributed by atoms with van der Waals surface area (Å²) in [6.07, 6.45) is 5.94. The average Bonchev–Trinajstić information content (AvgIpc) is 2.81. The Morgan fingerprint density at radius 3 is 2.65 bits per heavy atom. The molecule has 1 aliphatic carbocycles. The minimum absolute atomic E-state index is 0.338. The third kappa shape index (κ3) is 2.28. The Labute approximate surface area is 117 Å². The van der Waals surface area contributed by atoms with Crippen molar-refractivity contribution >= 4 is 5.69 Å². The van der Waals surface area contributed by atoms with Gasteiger partial charge < -0.3 is 10.3 Å². The van der Waals surface area contributed by atoms with Gasteiger partial charge in [0.25, 0.3) is 0 Å². The van der Waals surface area contributed by atoms with Crippen molar-refractivity contribution in [3.8, 4) is 11.4 Å². The lowest BCUT2D eigenvalue weighted by atomic mass is 9.95. The van der Waals surface area contributed by atoms with Gasteiger partial charge in [-0.1, -0.05) is 19.3 Å². The van der Waals surface area contributed by atoms with Crippen molar-refractivity contribution in [1.29, 1.82) is 0 Å². The lowest BCUT2D eigenvalue weighted by Crippen LogP contribution is -2.15.